The first-order valence-corrected chi connectivity index (χ1v) is 27.8. The number of hydrogen-bond acceptors (Lipinski definition) is 21. The molecule has 22 nitrogen and oxygen atoms in total. The molecule has 8 rings (SSSR count). The summed E-state index contributed by atoms with van der Waals surface area (Å²) in [6.07, 6.45) is -6.29. The van der Waals surface area contributed by atoms with E-state index in [0.29, 0.717) is 31.6 Å². The molecule has 78 heavy (non-hydrogen) atoms. The third-order valence-corrected chi connectivity index (χ3v) is 17.5. The van der Waals surface area contributed by atoms with Gasteiger partial charge in [-0.25, -0.2) is 9.07 Å². The van der Waals surface area contributed by atoms with Crippen molar-refractivity contribution in [2.24, 2.45) is 23.5 Å². The van der Waals surface area contributed by atoms with Crippen molar-refractivity contribution >= 4 is 5.97 Å². The summed E-state index contributed by atoms with van der Waals surface area (Å²) in [4.78, 5) is 19.0. The second-order valence-corrected chi connectivity index (χ2v) is 23.9. The summed E-state index contributed by atoms with van der Waals surface area (Å²) in [5.74, 6) is -2.98. The molecule has 3 fully saturated rings. The number of benzene rings is 1. The van der Waals surface area contributed by atoms with Gasteiger partial charge < -0.3 is 73.5 Å². The van der Waals surface area contributed by atoms with Gasteiger partial charge >= 0.3 is 5.97 Å². The lowest BCUT2D eigenvalue weighted by Gasteiger charge is -2.51. The van der Waals surface area contributed by atoms with Crippen molar-refractivity contribution in [2.45, 2.75) is 216 Å². The standard InChI is InChI=1S/C55H92FN9O13/c1-16-42-54(10,70)47(67)34(6)63(13)27-30(2)24-53(9)49(32(4)45(33(5)50(69)75-42)76-43-25-52(8,72-15)48(68)35(7)74-43)77-51-44(66)39(23-31(3)73-51)62(12)22-21-37-28-65(60-58-37)40(26-56)46(71-14)36-17-19-38(20-18-36)64-29-41(59-61-64)55(11,57)78-53/h17-20,28-35,39-40,42-49,51,58,60,66-68,70H,16,21-27,57H2,1-15H3/t30-,31-,32+,33-,34-,35+,39+,40-,42-,43+,44-,45+,46-,47-,48+,49-,51+,52-,53-,54-,55?/m1/s1. The molecule has 442 valence electrons. The van der Waals surface area contributed by atoms with E-state index < -0.39 is 133 Å². The van der Waals surface area contributed by atoms with Crippen LogP contribution in [0, 0.1) is 17.8 Å². The number of alkyl halides is 1. The minimum Gasteiger partial charge on any atom is -0.459 e. The fourth-order valence-corrected chi connectivity index (χ4v) is 12.7. The zero-order chi connectivity index (χ0) is 57.4. The molecule has 0 saturated carbocycles. The maximum absolute atomic E-state index is 15.1. The molecule has 8 bridgehead atoms. The second kappa shape index (κ2) is 24.9. The number of carbonyl (C=O) groups excluding carboxylic acids is 1. The number of cyclic esters (lactones) is 1. The van der Waals surface area contributed by atoms with E-state index in [1.54, 1.807) is 57.6 Å². The Morgan fingerprint density at radius 3 is 2.28 bits per heavy atom. The van der Waals surface area contributed by atoms with Crippen LogP contribution in [0.5, 0.6) is 0 Å². The van der Waals surface area contributed by atoms with Crippen molar-refractivity contribution in [2.75, 3.05) is 48.1 Å². The Labute approximate surface area is 460 Å². The van der Waals surface area contributed by atoms with E-state index in [2.05, 4.69) is 26.2 Å². The van der Waals surface area contributed by atoms with Crippen LogP contribution in [0.4, 0.5) is 4.39 Å². The van der Waals surface area contributed by atoms with Crippen LogP contribution < -0.4 is 16.7 Å². The average Bonchev–Trinajstić information content (AvgIpc) is 4.14. The van der Waals surface area contributed by atoms with Crippen LogP contribution in [0.25, 0.3) is 5.69 Å². The maximum Gasteiger partial charge on any atom is 0.311 e. The molecule has 6 aliphatic heterocycles. The minimum absolute atomic E-state index is 0.0676. The van der Waals surface area contributed by atoms with Crippen LogP contribution >= 0.6 is 0 Å². The van der Waals surface area contributed by atoms with Gasteiger partial charge in [-0.05, 0) is 112 Å². The number of esters is 1. The third kappa shape index (κ3) is 13.1. The number of aromatic nitrogens is 3. The fraction of sp³-hybridized carbons (Fsp3) is 0.800. The summed E-state index contributed by atoms with van der Waals surface area (Å²) in [7, 11) is 6.84. The van der Waals surface area contributed by atoms with Gasteiger partial charge in [-0.3, -0.25) is 15.5 Å². The Kier molecular flexibility index (Phi) is 19.8. The predicted octanol–water partition coefficient (Wildman–Crippen LogP) is 3.30. The molecule has 7 heterocycles. The summed E-state index contributed by atoms with van der Waals surface area (Å²) in [5.41, 5.74) is 9.90. The molecule has 0 aliphatic carbocycles. The number of fused-ring (bicyclic) bond motifs is 6. The van der Waals surface area contributed by atoms with Gasteiger partial charge in [0.05, 0.1) is 53.4 Å². The van der Waals surface area contributed by atoms with Crippen molar-refractivity contribution in [3.05, 3.63) is 53.6 Å². The Hall–Kier alpha value is -3.50. The van der Waals surface area contributed by atoms with Crippen LogP contribution in [0.15, 0.2) is 42.4 Å². The number of hydrogen-bond donors (Lipinski definition) is 7. The number of methoxy groups -OCH3 is 2. The van der Waals surface area contributed by atoms with Crippen LogP contribution in [0.3, 0.4) is 0 Å². The van der Waals surface area contributed by atoms with Crippen LogP contribution in [0.1, 0.15) is 126 Å². The van der Waals surface area contributed by atoms with Gasteiger partial charge in [0.2, 0.25) is 0 Å². The van der Waals surface area contributed by atoms with Gasteiger partial charge in [0.15, 0.2) is 18.3 Å². The topological polar surface area (TPSA) is 262 Å². The van der Waals surface area contributed by atoms with Gasteiger partial charge in [0.1, 0.15) is 54.5 Å². The Morgan fingerprint density at radius 2 is 1.64 bits per heavy atom. The van der Waals surface area contributed by atoms with Gasteiger partial charge in [-0.1, -0.05) is 38.1 Å². The normalized spacial score (nSPS) is 43.4. The number of hydrazine groups is 2. The molecule has 21 atom stereocenters. The third-order valence-electron chi connectivity index (χ3n) is 17.5. The first-order valence-electron chi connectivity index (χ1n) is 27.8. The number of aliphatic hydroxyl groups excluding tert-OH is 3. The predicted molar refractivity (Wildman–Crippen MR) is 285 cm³/mol. The van der Waals surface area contributed by atoms with Crippen LogP contribution in [0.2, 0.25) is 0 Å². The number of halogens is 1. The van der Waals surface area contributed by atoms with Gasteiger partial charge in [-0.2, -0.15) is 0 Å². The molecule has 2 aromatic rings. The second-order valence-electron chi connectivity index (χ2n) is 23.9. The van der Waals surface area contributed by atoms with E-state index in [9.17, 15) is 25.2 Å². The molecule has 0 spiro atoms. The Bertz CT molecular complexity index is 2320. The SMILES string of the molecule is CC[C@H]1OC(=O)[C@H](C)[C@@H](O[C@H]2C[C@@](C)(OC)[C@@H](O)[C@H](C)O2)[C@H](C)[C@H]2O[C@@H]3O[C@H](C)C[C@@H]([C@H]3O)N(C)CCC3=CN(NN3)[C@H](CF)[C@H](OC)c3ccc(cc3)-n3cc(nn3)C(C)(N)O[C@]2(C)C[C@@H](C)CN(C)[C@H](C)[C@@H](O)[C@]1(C)O. The number of nitrogens with two attached hydrogens (primary N) is 1. The zero-order valence-corrected chi connectivity index (χ0v) is 48.5. The summed E-state index contributed by atoms with van der Waals surface area (Å²) >= 11 is 0. The molecule has 0 radical (unpaired) electrons. The molecule has 1 aromatic heterocycles. The van der Waals surface area contributed by atoms with E-state index in [-0.39, 0.29) is 30.9 Å². The highest BCUT2D eigenvalue weighted by molar-refractivity contribution is 5.73. The summed E-state index contributed by atoms with van der Waals surface area (Å²) < 4.78 is 69.5. The first kappa shape index (κ1) is 62.1. The number of nitrogens with one attached hydrogen (secondary N) is 2. The highest BCUT2D eigenvalue weighted by atomic mass is 19.1. The Balaban J connectivity index is 1.41. The molecule has 6 aliphatic rings. The summed E-state index contributed by atoms with van der Waals surface area (Å²) in [6.45, 7) is 19.7. The van der Waals surface area contributed by atoms with Crippen LogP contribution in [-0.2, 0) is 48.4 Å². The van der Waals surface area contributed by atoms with E-state index in [0.717, 1.165) is 11.3 Å². The lowest BCUT2D eigenvalue weighted by molar-refractivity contribution is -0.328. The highest BCUT2D eigenvalue weighted by Crippen LogP contribution is 2.44. The van der Waals surface area contributed by atoms with Crippen molar-refractivity contribution < 1.29 is 67.5 Å². The number of rotatable bonds is 6. The monoisotopic (exact) mass is 1110 g/mol. The van der Waals surface area contributed by atoms with Crippen LogP contribution in [-0.4, -0.2) is 201 Å². The number of carbonyl (C=O) groups is 1. The molecule has 1 unspecified atom stereocenters. The smallest absolute Gasteiger partial charge is 0.311 e. The van der Waals surface area contributed by atoms with E-state index in [1.165, 1.54) is 14.0 Å². The zero-order valence-electron chi connectivity index (χ0n) is 48.5. The molecule has 23 heteroatoms. The molecule has 0 amide bonds. The molecule has 8 N–H and O–H groups in total. The summed E-state index contributed by atoms with van der Waals surface area (Å²) in [5, 5.41) is 58.8. The first-order chi connectivity index (χ1) is 36.6. The number of ether oxygens (including phenoxy) is 8. The average molecular weight is 1110 g/mol. The van der Waals surface area contributed by atoms with Crippen molar-refractivity contribution in [3.8, 4) is 5.69 Å². The van der Waals surface area contributed by atoms with Crippen molar-refractivity contribution in [1.29, 1.82) is 0 Å². The quantitative estimate of drug-likeness (QED) is 0.205. The minimum atomic E-state index is -1.89. The molecular weight excluding hydrogens is 1010 g/mol. The number of aliphatic hydroxyl groups is 4. The largest absolute Gasteiger partial charge is 0.459 e. The van der Waals surface area contributed by atoms with Gasteiger partial charge in [0, 0.05) is 70.0 Å². The lowest BCUT2D eigenvalue weighted by atomic mass is 9.77. The number of nitrogens with zero attached hydrogens (tertiary/aromatic N) is 6. The number of likely N-dealkylation sites (N-methyl/N-ethyl adjacent to an activating group) is 2. The van der Waals surface area contributed by atoms with Gasteiger partial charge in [0.25, 0.3) is 0 Å². The van der Waals surface area contributed by atoms with E-state index >= 15 is 4.39 Å². The fourth-order valence-electron chi connectivity index (χ4n) is 12.7. The molecule has 1 aromatic carbocycles. The molecular formula is C55H92FN9O13. The highest BCUT2D eigenvalue weighted by Gasteiger charge is 2.55. The van der Waals surface area contributed by atoms with E-state index in [4.69, 9.17) is 43.6 Å². The van der Waals surface area contributed by atoms with Crippen molar-refractivity contribution in [3.63, 3.8) is 0 Å². The lowest BCUT2D eigenvalue weighted by Crippen LogP contribution is -2.62. The summed E-state index contributed by atoms with van der Waals surface area (Å²) in [6, 6.07) is 5.52. The van der Waals surface area contributed by atoms with E-state index in [1.807, 2.05) is 84.1 Å². The maximum atomic E-state index is 15.1. The van der Waals surface area contributed by atoms with Gasteiger partial charge in [-0.15, -0.1) is 10.6 Å². The molecule has 3 saturated heterocycles. The Morgan fingerprint density at radius 1 is 0.949 bits per heavy atom. The van der Waals surface area contributed by atoms with Crippen molar-refractivity contribution in [1.82, 2.24) is 40.8 Å².